The average Bonchev–Trinajstić information content (AvgIpc) is 2.85. The molecule has 130 valence electrons. The molecule has 0 radical (unpaired) electrons. The average molecular weight is 354 g/mol. The summed E-state index contributed by atoms with van der Waals surface area (Å²) in [5.41, 5.74) is 0.491. The third-order valence-electron chi connectivity index (χ3n) is 3.52. The highest BCUT2D eigenvalue weighted by molar-refractivity contribution is 7.89. The van der Waals surface area contributed by atoms with Crippen molar-refractivity contribution in [3.63, 3.8) is 0 Å². The summed E-state index contributed by atoms with van der Waals surface area (Å²) in [6, 6.07) is 6.03. The number of carbonyl (C=O) groups is 3. The first-order valence-electron chi connectivity index (χ1n) is 7.22. The molecule has 8 nitrogen and oxygen atoms in total. The minimum absolute atomic E-state index is 0.0888. The quantitative estimate of drug-likeness (QED) is 0.532. The summed E-state index contributed by atoms with van der Waals surface area (Å²) in [5.74, 6) is -1.51. The van der Waals surface area contributed by atoms with Crippen LogP contribution in [0.1, 0.15) is 18.4 Å². The lowest BCUT2D eigenvalue weighted by atomic mass is 10.2. The van der Waals surface area contributed by atoms with E-state index in [4.69, 9.17) is 4.74 Å². The number of sulfonamides is 1. The van der Waals surface area contributed by atoms with Crippen molar-refractivity contribution in [3.05, 3.63) is 29.8 Å². The van der Waals surface area contributed by atoms with Gasteiger partial charge in [0.25, 0.3) is 0 Å². The molecule has 1 fully saturated rings. The largest absolute Gasteiger partial charge is 0.459 e. The standard InChI is InChI=1S/C15H18N2O6S/c1-16(2)24(21,22)12-5-3-4-11(8-12)10-23-15(20)9-17-13(18)6-7-14(17)19/h3-5,8H,6-7,9-10H2,1-2H3. The second-order valence-corrected chi connectivity index (χ2v) is 7.62. The molecule has 1 aromatic carbocycles. The summed E-state index contributed by atoms with van der Waals surface area (Å²) in [6.07, 6.45) is 0.215. The SMILES string of the molecule is CN(C)S(=O)(=O)c1cccc(COC(=O)CN2C(=O)CCC2=O)c1. The Kier molecular flexibility index (Phi) is 5.35. The highest BCUT2D eigenvalue weighted by atomic mass is 32.2. The topological polar surface area (TPSA) is 101 Å². The van der Waals surface area contributed by atoms with Crippen molar-refractivity contribution >= 4 is 27.8 Å². The smallest absolute Gasteiger partial charge is 0.326 e. The molecule has 1 aromatic rings. The zero-order valence-corrected chi connectivity index (χ0v) is 14.2. The van der Waals surface area contributed by atoms with Crippen LogP contribution in [0.15, 0.2) is 29.2 Å². The van der Waals surface area contributed by atoms with Crippen LogP contribution in [0.4, 0.5) is 0 Å². The van der Waals surface area contributed by atoms with Gasteiger partial charge >= 0.3 is 5.97 Å². The van der Waals surface area contributed by atoms with Crippen molar-refractivity contribution < 1.29 is 27.5 Å². The fourth-order valence-electron chi connectivity index (χ4n) is 2.14. The van der Waals surface area contributed by atoms with Gasteiger partial charge in [-0.15, -0.1) is 0 Å². The summed E-state index contributed by atoms with van der Waals surface area (Å²) >= 11 is 0. The van der Waals surface area contributed by atoms with E-state index in [0.717, 1.165) is 9.21 Å². The van der Waals surface area contributed by atoms with Crippen molar-refractivity contribution in [2.24, 2.45) is 0 Å². The second kappa shape index (κ2) is 7.10. The summed E-state index contributed by atoms with van der Waals surface area (Å²) in [4.78, 5) is 35.6. The molecule has 1 heterocycles. The van der Waals surface area contributed by atoms with E-state index in [1.54, 1.807) is 12.1 Å². The first-order chi connectivity index (χ1) is 11.2. The van der Waals surface area contributed by atoms with Crippen LogP contribution in [0, 0.1) is 0 Å². The number of carbonyl (C=O) groups excluding carboxylic acids is 3. The van der Waals surface area contributed by atoms with Gasteiger partial charge in [-0.25, -0.2) is 12.7 Å². The van der Waals surface area contributed by atoms with E-state index in [9.17, 15) is 22.8 Å². The number of ether oxygens (including phenoxy) is 1. The van der Waals surface area contributed by atoms with E-state index in [1.807, 2.05) is 0 Å². The van der Waals surface area contributed by atoms with Crippen molar-refractivity contribution in [2.75, 3.05) is 20.6 Å². The minimum Gasteiger partial charge on any atom is -0.459 e. The molecule has 0 unspecified atom stereocenters. The summed E-state index contributed by atoms with van der Waals surface area (Å²) in [6.45, 7) is -0.570. The van der Waals surface area contributed by atoms with Crippen LogP contribution < -0.4 is 0 Å². The predicted octanol–water partition coefficient (Wildman–Crippen LogP) is 0.129. The third-order valence-corrected chi connectivity index (χ3v) is 5.33. The van der Waals surface area contributed by atoms with Gasteiger partial charge in [0, 0.05) is 26.9 Å². The molecule has 9 heteroatoms. The molecule has 1 saturated heterocycles. The number of imide groups is 1. The summed E-state index contributed by atoms with van der Waals surface area (Å²) < 4.78 is 30.2. The molecule has 0 bridgehead atoms. The van der Waals surface area contributed by atoms with Gasteiger partial charge < -0.3 is 4.74 Å². The van der Waals surface area contributed by atoms with Crippen molar-refractivity contribution in [1.82, 2.24) is 9.21 Å². The molecule has 1 aliphatic rings. The predicted molar refractivity (Wildman–Crippen MR) is 83.1 cm³/mol. The lowest BCUT2D eigenvalue weighted by Crippen LogP contribution is -2.35. The van der Waals surface area contributed by atoms with Crippen LogP contribution in [0.25, 0.3) is 0 Å². The Hall–Kier alpha value is -2.26. The van der Waals surface area contributed by atoms with Crippen molar-refractivity contribution in [1.29, 1.82) is 0 Å². The van der Waals surface area contributed by atoms with E-state index >= 15 is 0 Å². The van der Waals surface area contributed by atoms with Gasteiger partial charge in [-0.2, -0.15) is 0 Å². The molecule has 0 saturated carbocycles. The number of nitrogens with zero attached hydrogens (tertiary/aromatic N) is 2. The minimum atomic E-state index is -3.58. The lowest BCUT2D eigenvalue weighted by molar-refractivity contribution is -0.153. The maximum Gasteiger partial charge on any atom is 0.326 e. The first kappa shape index (κ1) is 18.1. The van der Waals surface area contributed by atoms with Crippen LogP contribution in [-0.4, -0.2) is 56.0 Å². The van der Waals surface area contributed by atoms with E-state index < -0.39 is 34.4 Å². The fraction of sp³-hybridized carbons (Fsp3) is 0.400. The van der Waals surface area contributed by atoms with Gasteiger partial charge in [0.05, 0.1) is 4.90 Å². The van der Waals surface area contributed by atoms with Gasteiger partial charge in [-0.05, 0) is 17.7 Å². The number of esters is 1. The summed E-state index contributed by atoms with van der Waals surface area (Å²) in [5, 5.41) is 0. The molecule has 0 atom stereocenters. The number of hydrogen-bond donors (Lipinski definition) is 0. The van der Waals surface area contributed by atoms with E-state index in [2.05, 4.69) is 0 Å². The number of benzene rings is 1. The van der Waals surface area contributed by atoms with Gasteiger partial charge in [-0.1, -0.05) is 12.1 Å². The zero-order valence-electron chi connectivity index (χ0n) is 13.4. The number of rotatable bonds is 6. The molecule has 0 aromatic heterocycles. The normalized spacial score (nSPS) is 15.2. The molecular weight excluding hydrogens is 336 g/mol. The zero-order chi connectivity index (χ0) is 17.9. The van der Waals surface area contributed by atoms with Gasteiger partial charge in [-0.3, -0.25) is 19.3 Å². The Morgan fingerprint density at radius 1 is 1.21 bits per heavy atom. The highest BCUT2D eigenvalue weighted by Crippen LogP contribution is 2.16. The monoisotopic (exact) mass is 354 g/mol. The maximum absolute atomic E-state index is 12.1. The van der Waals surface area contributed by atoms with Crippen molar-refractivity contribution in [2.45, 2.75) is 24.3 Å². The van der Waals surface area contributed by atoms with Crippen LogP contribution >= 0.6 is 0 Å². The lowest BCUT2D eigenvalue weighted by Gasteiger charge is -2.14. The van der Waals surface area contributed by atoms with E-state index in [1.165, 1.54) is 26.2 Å². The Labute approximate surface area is 140 Å². The molecule has 0 aliphatic carbocycles. The van der Waals surface area contributed by atoms with E-state index in [-0.39, 0.29) is 24.3 Å². The van der Waals surface area contributed by atoms with Gasteiger partial charge in [0.15, 0.2) is 0 Å². The Bertz CT molecular complexity index is 756. The molecular formula is C15H18N2O6S. The van der Waals surface area contributed by atoms with Crippen molar-refractivity contribution in [3.8, 4) is 0 Å². The Morgan fingerprint density at radius 2 is 1.83 bits per heavy atom. The molecule has 2 rings (SSSR count). The first-order valence-corrected chi connectivity index (χ1v) is 8.66. The third kappa shape index (κ3) is 3.98. The van der Waals surface area contributed by atoms with Crippen LogP contribution in [0.2, 0.25) is 0 Å². The van der Waals surface area contributed by atoms with Crippen LogP contribution in [-0.2, 0) is 35.8 Å². The fourth-order valence-corrected chi connectivity index (χ4v) is 3.12. The van der Waals surface area contributed by atoms with Gasteiger partial charge in [0.2, 0.25) is 21.8 Å². The molecule has 2 amide bonds. The van der Waals surface area contributed by atoms with E-state index in [0.29, 0.717) is 5.56 Å². The molecule has 0 N–H and O–H groups in total. The molecule has 1 aliphatic heterocycles. The number of likely N-dealkylation sites (tertiary alicyclic amines) is 1. The Morgan fingerprint density at radius 3 is 2.42 bits per heavy atom. The highest BCUT2D eigenvalue weighted by Gasteiger charge is 2.30. The second-order valence-electron chi connectivity index (χ2n) is 5.47. The molecule has 0 spiro atoms. The van der Waals surface area contributed by atoms with Crippen LogP contribution in [0.3, 0.4) is 0 Å². The number of amides is 2. The number of hydrogen-bond acceptors (Lipinski definition) is 6. The Balaban J connectivity index is 1.98. The maximum atomic E-state index is 12.1. The van der Waals surface area contributed by atoms with Crippen LogP contribution in [0.5, 0.6) is 0 Å². The molecule has 24 heavy (non-hydrogen) atoms. The summed E-state index contributed by atoms with van der Waals surface area (Å²) in [7, 11) is -0.730. The van der Waals surface area contributed by atoms with Gasteiger partial charge in [0.1, 0.15) is 13.2 Å².